The van der Waals surface area contributed by atoms with Crippen LogP contribution in [0.2, 0.25) is 0 Å². The summed E-state index contributed by atoms with van der Waals surface area (Å²) in [7, 11) is 0. The van der Waals surface area contributed by atoms with Gasteiger partial charge in [-0.1, -0.05) is 12.1 Å². The maximum atomic E-state index is 8.81. The molecule has 96 valence electrons. The molecule has 0 atom stereocenters. The van der Waals surface area contributed by atoms with Crippen LogP contribution in [0, 0.1) is 5.92 Å². The topological polar surface area (TPSA) is 62.4 Å². The fourth-order valence-electron chi connectivity index (χ4n) is 2.31. The van der Waals surface area contributed by atoms with E-state index in [1.165, 1.54) is 0 Å². The minimum absolute atomic E-state index is 0.309. The summed E-state index contributed by atoms with van der Waals surface area (Å²) in [6.07, 6.45) is 5.18. The number of piperidine rings is 1. The molecule has 2 rings (SSSR count). The highest BCUT2D eigenvalue weighted by Crippen LogP contribution is 2.24. The van der Waals surface area contributed by atoms with E-state index >= 15 is 0 Å². The summed E-state index contributed by atoms with van der Waals surface area (Å²) in [6.45, 7) is 4.31. The van der Waals surface area contributed by atoms with Crippen molar-refractivity contribution in [3.63, 3.8) is 0 Å². The Morgan fingerprint density at radius 3 is 2.76 bits per heavy atom. The summed E-state index contributed by atoms with van der Waals surface area (Å²) in [4.78, 5) is 6.52. The monoisotopic (exact) mass is 239 g/mol. The highest BCUT2D eigenvalue weighted by Gasteiger charge is 2.22. The third-order valence-corrected chi connectivity index (χ3v) is 3.43. The van der Waals surface area contributed by atoms with Gasteiger partial charge in [-0.05, 0) is 31.6 Å². The SMILES string of the molecule is CCc1noc(N2CCC(CCCO)CC2)n1. The number of aryl methyl sites for hydroxylation is 1. The Labute approximate surface area is 102 Å². The molecule has 0 amide bonds. The van der Waals surface area contributed by atoms with Crippen LogP contribution in [0.3, 0.4) is 0 Å². The average molecular weight is 239 g/mol. The Hall–Kier alpha value is -1.10. The van der Waals surface area contributed by atoms with Crippen molar-refractivity contribution < 1.29 is 9.63 Å². The van der Waals surface area contributed by atoms with E-state index in [1.807, 2.05) is 6.92 Å². The van der Waals surface area contributed by atoms with Gasteiger partial charge in [0.2, 0.25) is 0 Å². The summed E-state index contributed by atoms with van der Waals surface area (Å²) in [5.41, 5.74) is 0. The van der Waals surface area contributed by atoms with Gasteiger partial charge in [-0.2, -0.15) is 4.98 Å². The molecular formula is C12H21N3O2. The number of aliphatic hydroxyl groups is 1. The van der Waals surface area contributed by atoms with E-state index in [0.29, 0.717) is 12.6 Å². The Balaban J connectivity index is 1.82. The number of hydrogen-bond donors (Lipinski definition) is 1. The van der Waals surface area contributed by atoms with E-state index in [2.05, 4.69) is 15.0 Å². The van der Waals surface area contributed by atoms with Crippen molar-refractivity contribution in [3.8, 4) is 0 Å². The van der Waals surface area contributed by atoms with Crippen LogP contribution in [0.15, 0.2) is 4.52 Å². The van der Waals surface area contributed by atoms with E-state index in [1.54, 1.807) is 0 Å². The predicted octanol–water partition coefficient (Wildman–Crippen LogP) is 1.62. The van der Waals surface area contributed by atoms with E-state index in [4.69, 9.17) is 9.63 Å². The number of hydrogen-bond acceptors (Lipinski definition) is 5. The van der Waals surface area contributed by atoms with Crippen LogP contribution in [0.4, 0.5) is 6.01 Å². The van der Waals surface area contributed by atoms with Crippen molar-refractivity contribution >= 4 is 6.01 Å². The summed E-state index contributed by atoms with van der Waals surface area (Å²) in [5.74, 6) is 1.52. The molecule has 0 aliphatic carbocycles. The second-order valence-electron chi connectivity index (χ2n) is 4.64. The Kier molecular flexibility index (Phi) is 4.36. The zero-order valence-electron chi connectivity index (χ0n) is 10.4. The van der Waals surface area contributed by atoms with E-state index < -0.39 is 0 Å². The average Bonchev–Trinajstić information content (AvgIpc) is 2.86. The minimum Gasteiger partial charge on any atom is -0.396 e. The number of aromatic nitrogens is 2. The van der Waals surface area contributed by atoms with E-state index in [9.17, 15) is 0 Å². The third kappa shape index (κ3) is 3.19. The predicted molar refractivity (Wildman–Crippen MR) is 64.9 cm³/mol. The summed E-state index contributed by atoms with van der Waals surface area (Å²) < 4.78 is 5.24. The molecule has 2 heterocycles. The largest absolute Gasteiger partial charge is 0.396 e. The van der Waals surface area contributed by atoms with Crippen molar-refractivity contribution in [3.05, 3.63) is 5.82 Å². The normalized spacial score (nSPS) is 17.6. The third-order valence-electron chi connectivity index (χ3n) is 3.43. The summed E-state index contributed by atoms with van der Waals surface area (Å²) in [5, 5.41) is 12.7. The van der Waals surface area contributed by atoms with Crippen LogP contribution in [0.1, 0.15) is 38.4 Å². The van der Waals surface area contributed by atoms with Crippen LogP contribution in [-0.2, 0) is 6.42 Å². The molecule has 0 bridgehead atoms. The van der Waals surface area contributed by atoms with Gasteiger partial charge in [-0.15, -0.1) is 0 Å². The van der Waals surface area contributed by atoms with Gasteiger partial charge in [-0.25, -0.2) is 0 Å². The number of anilines is 1. The molecule has 5 heteroatoms. The van der Waals surface area contributed by atoms with Crippen LogP contribution < -0.4 is 4.90 Å². The molecule has 0 radical (unpaired) electrons. The molecule has 1 aliphatic heterocycles. The van der Waals surface area contributed by atoms with Gasteiger partial charge in [0.15, 0.2) is 5.82 Å². The fraction of sp³-hybridized carbons (Fsp3) is 0.833. The lowest BCUT2D eigenvalue weighted by Crippen LogP contribution is -2.33. The molecule has 1 fully saturated rings. The molecule has 17 heavy (non-hydrogen) atoms. The first-order valence-electron chi connectivity index (χ1n) is 6.52. The number of rotatable bonds is 5. The second kappa shape index (κ2) is 6.00. The molecule has 1 N–H and O–H groups in total. The molecule has 1 aromatic rings. The number of aliphatic hydroxyl groups excluding tert-OH is 1. The first-order valence-corrected chi connectivity index (χ1v) is 6.52. The lowest BCUT2D eigenvalue weighted by atomic mass is 9.92. The van der Waals surface area contributed by atoms with Gasteiger partial charge in [0.25, 0.3) is 0 Å². The van der Waals surface area contributed by atoms with Crippen molar-refractivity contribution in [1.29, 1.82) is 0 Å². The molecule has 0 aromatic carbocycles. The van der Waals surface area contributed by atoms with Crippen molar-refractivity contribution in [2.24, 2.45) is 5.92 Å². The second-order valence-corrected chi connectivity index (χ2v) is 4.64. The standard InChI is InChI=1S/C12H21N3O2/c1-2-11-13-12(17-14-11)15-7-5-10(6-8-15)4-3-9-16/h10,16H,2-9H2,1H3. The van der Waals surface area contributed by atoms with Crippen LogP contribution in [-0.4, -0.2) is 34.9 Å². The first-order chi connectivity index (χ1) is 8.33. The lowest BCUT2D eigenvalue weighted by molar-refractivity contribution is 0.259. The molecule has 5 nitrogen and oxygen atoms in total. The van der Waals surface area contributed by atoms with Crippen molar-refractivity contribution in [1.82, 2.24) is 10.1 Å². The Morgan fingerprint density at radius 1 is 1.41 bits per heavy atom. The summed E-state index contributed by atoms with van der Waals surface area (Å²) in [6, 6.07) is 0.669. The zero-order chi connectivity index (χ0) is 12.1. The smallest absolute Gasteiger partial charge is 0.324 e. The zero-order valence-corrected chi connectivity index (χ0v) is 10.4. The highest BCUT2D eigenvalue weighted by molar-refractivity contribution is 5.25. The van der Waals surface area contributed by atoms with E-state index in [0.717, 1.165) is 56.9 Å². The maximum absolute atomic E-state index is 8.81. The van der Waals surface area contributed by atoms with E-state index in [-0.39, 0.29) is 0 Å². The molecule has 1 aliphatic rings. The molecule has 0 spiro atoms. The van der Waals surface area contributed by atoms with Crippen molar-refractivity contribution in [2.75, 3.05) is 24.6 Å². The van der Waals surface area contributed by atoms with Crippen LogP contribution in [0.25, 0.3) is 0 Å². The molecule has 1 saturated heterocycles. The van der Waals surface area contributed by atoms with Crippen LogP contribution in [0.5, 0.6) is 0 Å². The van der Waals surface area contributed by atoms with Crippen LogP contribution >= 0.6 is 0 Å². The fourth-order valence-corrected chi connectivity index (χ4v) is 2.31. The first kappa shape index (κ1) is 12.4. The molecule has 0 saturated carbocycles. The summed E-state index contributed by atoms with van der Waals surface area (Å²) >= 11 is 0. The highest BCUT2D eigenvalue weighted by atomic mass is 16.5. The molecular weight excluding hydrogens is 218 g/mol. The Morgan fingerprint density at radius 2 is 2.18 bits per heavy atom. The van der Waals surface area contributed by atoms with Gasteiger partial charge in [0, 0.05) is 26.1 Å². The minimum atomic E-state index is 0.309. The van der Waals surface area contributed by atoms with Gasteiger partial charge >= 0.3 is 6.01 Å². The van der Waals surface area contributed by atoms with Crippen molar-refractivity contribution in [2.45, 2.75) is 39.0 Å². The molecule has 0 unspecified atom stereocenters. The lowest BCUT2D eigenvalue weighted by Gasteiger charge is -2.30. The maximum Gasteiger partial charge on any atom is 0.324 e. The van der Waals surface area contributed by atoms with Gasteiger partial charge < -0.3 is 14.5 Å². The number of nitrogens with zero attached hydrogens (tertiary/aromatic N) is 3. The molecule has 1 aromatic heterocycles. The van der Waals surface area contributed by atoms with Gasteiger partial charge in [0.1, 0.15) is 0 Å². The van der Waals surface area contributed by atoms with Gasteiger partial charge in [0.05, 0.1) is 0 Å². The Bertz CT molecular complexity index is 332. The quantitative estimate of drug-likeness (QED) is 0.846. The van der Waals surface area contributed by atoms with Gasteiger partial charge in [-0.3, -0.25) is 0 Å².